The Kier molecular flexibility index (Phi) is 4.98. The van der Waals surface area contributed by atoms with Crippen molar-refractivity contribution < 1.29 is 19.7 Å². The van der Waals surface area contributed by atoms with E-state index in [0.717, 1.165) is 5.56 Å². The molecule has 3 aromatic rings. The van der Waals surface area contributed by atoms with Crippen molar-refractivity contribution in [3.8, 4) is 11.4 Å². The van der Waals surface area contributed by atoms with Gasteiger partial charge in [0.05, 0.1) is 6.33 Å². The average Bonchev–Trinajstić information content (AvgIpc) is 3.42. The van der Waals surface area contributed by atoms with E-state index in [2.05, 4.69) is 25.6 Å². The zero-order valence-corrected chi connectivity index (χ0v) is 16.1. The number of aliphatic hydroxyl groups excluding tert-OH is 2. The summed E-state index contributed by atoms with van der Waals surface area (Å²) in [6.45, 7) is 2.15. The summed E-state index contributed by atoms with van der Waals surface area (Å²) in [7, 11) is 1.73. The Morgan fingerprint density at radius 3 is 2.86 bits per heavy atom. The van der Waals surface area contributed by atoms with Crippen molar-refractivity contribution in [3.05, 3.63) is 23.2 Å². The van der Waals surface area contributed by atoms with E-state index in [1.54, 1.807) is 14.0 Å². The molecule has 3 aromatic heterocycles. The van der Waals surface area contributed by atoms with Gasteiger partial charge in [0, 0.05) is 24.5 Å². The first kappa shape index (κ1) is 18.7. The molecule has 0 saturated carbocycles. The van der Waals surface area contributed by atoms with E-state index in [-0.39, 0.29) is 0 Å². The molecule has 4 N–H and O–H groups in total. The Morgan fingerprint density at radius 2 is 2.18 bits per heavy atom. The molecule has 4 heterocycles. The predicted molar refractivity (Wildman–Crippen MR) is 103 cm³/mol. The maximum atomic E-state index is 12.1. The summed E-state index contributed by atoms with van der Waals surface area (Å²) in [6, 6.07) is 1.90. The van der Waals surface area contributed by atoms with E-state index in [1.165, 1.54) is 22.2 Å². The number of fused-ring (bicyclic) bond motifs is 1. The highest BCUT2D eigenvalue weighted by Gasteiger charge is 2.47. The second-order valence-electron chi connectivity index (χ2n) is 6.30. The molecule has 10 nitrogen and oxygen atoms in total. The Bertz CT molecular complexity index is 991. The minimum absolute atomic E-state index is 0.392. The van der Waals surface area contributed by atoms with Gasteiger partial charge in [-0.2, -0.15) is 11.3 Å². The highest BCUT2D eigenvalue weighted by atomic mass is 32.1. The quantitative estimate of drug-likeness (QED) is 0.479. The molecule has 1 saturated heterocycles. The van der Waals surface area contributed by atoms with Crippen LogP contribution in [0.25, 0.3) is 22.6 Å². The van der Waals surface area contributed by atoms with Gasteiger partial charge in [-0.3, -0.25) is 9.36 Å². The van der Waals surface area contributed by atoms with Gasteiger partial charge in [-0.15, -0.1) is 0 Å². The third-order valence-electron chi connectivity index (χ3n) is 4.56. The lowest BCUT2D eigenvalue weighted by atomic mass is 10.1. The zero-order valence-electron chi connectivity index (χ0n) is 15.2. The number of hydrogen-bond acceptors (Lipinski definition) is 9. The zero-order chi connectivity index (χ0) is 19.8. The third-order valence-corrected chi connectivity index (χ3v) is 5.24. The van der Waals surface area contributed by atoms with Crippen molar-refractivity contribution >= 4 is 34.2 Å². The monoisotopic (exact) mass is 404 g/mol. The van der Waals surface area contributed by atoms with Gasteiger partial charge < -0.3 is 25.6 Å². The normalized spacial score (nSPS) is 24.6. The van der Waals surface area contributed by atoms with E-state index in [0.29, 0.717) is 29.4 Å². The van der Waals surface area contributed by atoms with E-state index in [4.69, 9.17) is 4.74 Å². The van der Waals surface area contributed by atoms with Crippen molar-refractivity contribution in [1.29, 1.82) is 0 Å². The molecule has 4 unspecified atom stereocenters. The van der Waals surface area contributed by atoms with E-state index in [9.17, 15) is 15.0 Å². The number of aliphatic hydroxyl groups is 2. The highest BCUT2D eigenvalue weighted by molar-refractivity contribution is 7.08. The number of anilines is 1. The van der Waals surface area contributed by atoms with Crippen LogP contribution in [-0.4, -0.2) is 67.5 Å². The summed E-state index contributed by atoms with van der Waals surface area (Å²) in [5.74, 6) is 0.539. The van der Waals surface area contributed by atoms with Gasteiger partial charge in [0.2, 0.25) is 0 Å². The molecule has 1 amide bonds. The van der Waals surface area contributed by atoms with Crippen LogP contribution in [0.1, 0.15) is 13.2 Å². The van der Waals surface area contributed by atoms with Crippen molar-refractivity contribution in [2.24, 2.45) is 0 Å². The SMILES string of the molecule is CCNC(=O)C1OC(n2cnc3c(NC)nc(-c4ccsc4)nc32)C(O)C1O. The van der Waals surface area contributed by atoms with Crippen LogP contribution in [0.2, 0.25) is 0 Å². The number of hydrogen-bond donors (Lipinski definition) is 4. The van der Waals surface area contributed by atoms with E-state index >= 15 is 0 Å². The summed E-state index contributed by atoms with van der Waals surface area (Å²) in [5.41, 5.74) is 1.77. The first-order chi connectivity index (χ1) is 13.5. The van der Waals surface area contributed by atoms with Crippen molar-refractivity contribution in [2.45, 2.75) is 31.5 Å². The number of likely N-dealkylation sites (N-methyl/N-ethyl adjacent to an activating group) is 1. The van der Waals surface area contributed by atoms with E-state index < -0.39 is 30.4 Å². The van der Waals surface area contributed by atoms with Crippen LogP contribution in [0.5, 0.6) is 0 Å². The minimum atomic E-state index is -1.36. The maximum Gasteiger partial charge on any atom is 0.252 e. The molecule has 0 spiro atoms. The van der Waals surface area contributed by atoms with Crippen molar-refractivity contribution in [1.82, 2.24) is 24.8 Å². The largest absolute Gasteiger partial charge is 0.387 e. The Hall–Kier alpha value is -2.60. The molecule has 4 rings (SSSR count). The van der Waals surface area contributed by atoms with Crippen LogP contribution in [-0.2, 0) is 9.53 Å². The molecule has 0 bridgehead atoms. The molecule has 0 radical (unpaired) electrons. The number of aromatic nitrogens is 4. The van der Waals surface area contributed by atoms with Gasteiger partial charge in [-0.1, -0.05) is 0 Å². The fraction of sp³-hybridized carbons (Fsp3) is 0.412. The molecule has 148 valence electrons. The highest BCUT2D eigenvalue weighted by Crippen LogP contribution is 2.33. The first-order valence-electron chi connectivity index (χ1n) is 8.79. The molecule has 4 atom stereocenters. The summed E-state index contributed by atoms with van der Waals surface area (Å²) in [6.07, 6.45) is -3.42. The first-order valence-corrected chi connectivity index (χ1v) is 9.73. The maximum absolute atomic E-state index is 12.1. The van der Waals surface area contributed by atoms with Gasteiger partial charge in [0.15, 0.2) is 35.1 Å². The van der Waals surface area contributed by atoms with Crippen LogP contribution in [0.4, 0.5) is 5.82 Å². The lowest BCUT2D eigenvalue weighted by Gasteiger charge is -2.16. The van der Waals surface area contributed by atoms with Crippen LogP contribution < -0.4 is 10.6 Å². The summed E-state index contributed by atoms with van der Waals surface area (Å²) >= 11 is 1.53. The number of carbonyl (C=O) groups is 1. The lowest BCUT2D eigenvalue weighted by Crippen LogP contribution is -2.42. The Morgan fingerprint density at radius 1 is 1.36 bits per heavy atom. The molecule has 28 heavy (non-hydrogen) atoms. The van der Waals surface area contributed by atoms with Crippen LogP contribution in [0.3, 0.4) is 0 Å². The molecular weight excluding hydrogens is 384 g/mol. The molecule has 1 fully saturated rings. The smallest absolute Gasteiger partial charge is 0.252 e. The van der Waals surface area contributed by atoms with Gasteiger partial charge in [0.25, 0.3) is 5.91 Å². The summed E-state index contributed by atoms with van der Waals surface area (Å²) in [5, 5.41) is 30.2. The molecule has 0 aromatic carbocycles. The number of ether oxygens (including phenoxy) is 1. The summed E-state index contributed by atoms with van der Waals surface area (Å²) < 4.78 is 7.20. The van der Waals surface area contributed by atoms with Crippen LogP contribution in [0.15, 0.2) is 23.2 Å². The number of imidazole rings is 1. The average molecular weight is 404 g/mol. The van der Waals surface area contributed by atoms with Crippen molar-refractivity contribution in [3.63, 3.8) is 0 Å². The Labute approximate surface area is 164 Å². The van der Waals surface area contributed by atoms with Crippen LogP contribution in [0, 0.1) is 0 Å². The second-order valence-corrected chi connectivity index (χ2v) is 7.08. The Balaban J connectivity index is 1.77. The fourth-order valence-corrected chi connectivity index (χ4v) is 3.81. The fourth-order valence-electron chi connectivity index (χ4n) is 3.18. The van der Waals surface area contributed by atoms with Gasteiger partial charge in [-0.25, -0.2) is 15.0 Å². The third kappa shape index (κ3) is 3.02. The van der Waals surface area contributed by atoms with Crippen molar-refractivity contribution in [2.75, 3.05) is 18.9 Å². The summed E-state index contributed by atoms with van der Waals surface area (Å²) in [4.78, 5) is 25.5. The molecule has 1 aliphatic heterocycles. The molecule has 1 aliphatic rings. The van der Waals surface area contributed by atoms with Gasteiger partial charge >= 0.3 is 0 Å². The number of nitrogens with zero attached hydrogens (tertiary/aromatic N) is 4. The molecule has 0 aliphatic carbocycles. The van der Waals surface area contributed by atoms with Gasteiger partial charge in [0.1, 0.15) is 12.2 Å². The predicted octanol–water partition coefficient (Wildman–Crippen LogP) is 0.352. The number of carbonyl (C=O) groups excluding carboxylic acids is 1. The number of rotatable bonds is 5. The number of amides is 1. The number of nitrogens with one attached hydrogen (secondary N) is 2. The topological polar surface area (TPSA) is 134 Å². The lowest BCUT2D eigenvalue weighted by molar-refractivity contribution is -0.137. The molecule has 11 heteroatoms. The minimum Gasteiger partial charge on any atom is -0.387 e. The van der Waals surface area contributed by atoms with Gasteiger partial charge in [-0.05, 0) is 18.4 Å². The second kappa shape index (κ2) is 7.43. The van der Waals surface area contributed by atoms with E-state index in [1.807, 2.05) is 16.8 Å². The standard InChI is InChI=1S/C17H20N6O4S/c1-3-19-16(26)12-10(24)11(25)17(27-12)23-7-20-9-14(18-2)21-13(22-15(9)23)8-4-5-28-6-8/h4-7,10-12,17,24-25H,3H2,1-2H3,(H,19,26)(H,18,21,22). The van der Waals surface area contributed by atoms with Crippen LogP contribution >= 0.6 is 11.3 Å². The molecular formula is C17H20N6O4S. The number of thiophene rings is 1.